The number of thiophene rings is 1. The highest BCUT2D eigenvalue weighted by molar-refractivity contribution is 7.10. The van der Waals surface area contributed by atoms with Crippen LogP contribution in [0.5, 0.6) is 0 Å². The van der Waals surface area contributed by atoms with Crippen molar-refractivity contribution in [3.05, 3.63) is 45.6 Å². The summed E-state index contributed by atoms with van der Waals surface area (Å²) in [4.78, 5) is 1.23. The Morgan fingerprint density at radius 2 is 2.00 bits per heavy atom. The Hall–Kier alpha value is -1.16. The molecular weight excluding hydrogens is 218 g/mol. The van der Waals surface area contributed by atoms with Gasteiger partial charge >= 0.3 is 0 Å². The molecule has 0 unspecified atom stereocenters. The van der Waals surface area contributed by atoms with Crippen LogP contribution >= 0.6 is 11.3 Å². The Morgan fingerprint density at radius 1 is 1.12 bits per heavy atom. The van der Waals surface area contributed by atoms with E-state index < -0.39 is 0 Å². The first-order valence-corrected chi connectivity index (χ1v) is 6.22. The Balaban J connectivity index is 2.00. The molecule has 1 aliphatic rings. The molecule has 2 N–H and O–H groups in total. The molecule has 0 radical (unpaired) electrons. The Morgan fingerprint density at radius 3 is 2.81 bits per heavy atom. The molecule has 2 aromatic rings. The molecule has 0 saturated heterocycles. The Bertz CT molecular complexity index is 518. The molecule has 3 heteroatoms. The summed E-state index contributed by atoms with van der Waals surface area (Å²) in [5, 5.41) is 2.17. The van der Waals surface area contributed by atoms with Crippen LogP contribution in [0.2, 0.25) is 0 Å². The zero-order valence-corrected chi connectivity index (χ0v) is 9.72. The van der Waals surface area contributed by atoms with Crippen molar-refractivity contribution in [3.8, 4) is 11.1 Å². The Kier molecular flexibility index (Phi) is 2.52. The van der Waals surface area contributed by atoms with E-state index in [4.69, 9.17) is 10.5 Å². The molecule has 1 aromatic carbocycles. The van der Waals surface area contributed by atoms with Crippen LogP contribution in [-0.4, -0.2) is 0 Å². The lowest BCUT2D eigenvalue weighted by molar-refractivity contribution is 0.134. The number of ether oxygens (including phenoxy) is 1. The molecule has 1 aliphatic heterocycles. The Labute approximate surface area is 98.7 Å². The van der Waals surface area contributed by atoms with Gasteiger partial charge in [-0.15, -0.1) is 11.3 Å². The zero-order chi connectivity index (χ0) is 11.0. The summed E-state index contributed by atoms with van der Waals surface area (Å²) in [5.41, 5.74) is 10.8. The van der Waals surface area contributed by atoms with E-state index in [1.807, 2.05) is 0 Å². The number of benzene rings is 1. The molecule has 0 fully saturated rings. The summed E-state index contributed by atoms with van der Waals surface area (Å²) < 4.78 is 5.41. The standard InChI is InChI=1S/C13H13NOS/c14-5-13-4-12(8-16-13)9-1-2-10-6-15-7-11(10)3-9/h1-4,8H,5-7,14H2. The first-order valence-electron chi connectivity index (χ1n) is 5.34. The molecule has 2 heterocycles. The lowest BCUT2D eigenvalue weighted by Crippen LogP contribution is -1.91. The second-order valence-corrected chi connectivity index (χ2v) is 4.98. The largest absolute Gasteiger partial charge is 0.372 e. The monoisotopic (exact) mass is 231 g/mol. The van der Waals surface area contributed by atoms with Gasteiger partial charge in [-0.25, -0.2) is 0 Å². The minimum atomic E-state index is 0.624. The predicted molar refractivity (Wildman–Crippen MR) is 66.1 cm³/mol. The fraction of sp³-hybridized carbons (Fsp3) is 0.231. The van der Waals surface area contributed by atoms with Gasteiger partial charge in [0.05, 0.1) is 13.2 Å². The maximum Gasteiger partial charge on any atom is 0.0725 e. The van der Waals surface area contributed by atoms with Crippen molar-refractivity contribution in [2.75, 3.05) is 0 Å². The lowest BCUT2D eigenvalue weighted by atomic mass is 10.0. The van der Waals surface area contributed by atoms with Gasteiger partial charge in [-0.05, 0) is 39.8 Å². The third-order valence-corrected chi connectivity index (χ3v) is 3.87. The van der Waals surface area contributed by atoms with Crippen molar-refractivity contribution in [2.45, 2.75) is 19.8 Å². The van der Waals surface area contributed by atoms with Crippen LogP contribution in [0.3, 0.4) is 0 Å². The quantitative estimate of drug-likeness (QED) is 0.862. The maximum absolute atomic E-state index is 5.62. The molecular formula is C13H13NOS. The van der Waals surface area contributed by atoms with Crippen LogP contribution in [0.25, 0.3) is 11.1 Å². The van der Waals surface area contributed by atoms with Crippen LogP contribution in [0.4, 0.5) is 0 Å². The lowest BCUT2D eigenvalue weighted by Gasteiger charge is -2.01. The van der Waals surface area contributed by atoms with Crippen LogP contribution in [0, 0.1) is 0 Å². The predicted octanol–water partition coefficient (Wildman–Crippen LogP) is 2.90. The summed E-state index contributed by atoms with van der Waals surface area (Å²) in [6, 6.07) is 8.72. The fourth-order valence-corrected chi connectivity index (χ4v) is 2.76. The van der Waals surface area contributed by atoms with E-state index in [0.717, 1.165) is 13.2 Å². The van der Waals surface area contributed by atoms with Crippen molar-refractivity contribution >= 4 is 11.3 Å². The number of nitrogens with two attached hydrogens (primary N) is 1. The second-order valence-electron chi connectivity index (χ2n) is 3.98. The van der Waals surface area contributed by atoms with E-state index in [2.05, 4.69) is 29.6 Å². The van der Waals surface area contributed by atoms with Gasteiger partial charge in [0.15, 0.2) is 0 Å². The average molecular weight is 231 g/mol. The van der Waals surface area contributed by atoms with Gasteiger partial charge in [0.1, 0.15) is 0 Å². The minimum absolute atomic E-state index is 0.624. The van der Waals surface area contributed by atoms with Crippen molar-refractivity contribution in [1.82, 2.24) is 0 Å². The number of hydrogen-bond acceptors (Lipinski definition) is 3. The van der Waals surface area contributed by atoms with Gasteiger partial charge < -0.3 is 10.5 Å². The first kappa shape index (κ1) is 10.0. The minimum Gasteiger partial charge on any atom is -0.372 e. The topological polar surface area (TPSA) is 35.2 Å². The third kappa shape index (κ3) is 1.67. The van der Waals surface area contributed by atoms with Crippen LogP contribution in [-0.2, 0) is 24.5 Å². The van der Waals surface area contributed by atoms with Crippen molar-refractivity contribution in [1.29, 1.82) is 0 Å². The van der Waals surface area contributed by atoms with Crippen molar-refractivity contribution < 1.29 is 4.74 Å². The van der Waals surface area contributed by atoms with E-state index in [-0.39, 0.29) is 0 Å². The van der Waals surface area contributed by atoms with E-state index in [1.54, 1.807) is 11.3 Å². The molecule has 0 aliphatic carbocycles. The SMILES string of the molecule is NCc1cc(-c2ccc3c(c2)COC3)cs1. The molecule has 0 saturated carbocycles. The van der Waals surface area contributed by atoms with Gasteiger partial charge in [0, 0.05) is 11.4 Å². The molecule has 16 heavy (non-hydrogen) atoms. The highest BCUT2D eigenvalue weighted by Gasteiger charge is 2.12. The first-order chi connectivity index (χ1) is 7.86. The molecule has 82 valence electrons. The number of rotatable bonds is 2. The molecule has 0 amide bonds. The van der Waals surface area contributed by atoms with Crippen LogP contribution < -0.4 is 5.73 Å². The number of fused-ring (bicyclic) bond motifs is 1. The van der Waals surface area contributed by atoms with Gasteiger partial charge in [0.2, 0.25) is 0 Å². The maximum atomic E-state index is 5.62. The summed E-state index contributed by atoms with van der Waals surface area (Å²) in [7, 11) is 0. The van der Waals surface area contributed by atoms with Gasteiger partial charge in [0.25, 0.3) is 0 Å². The molecule has 0 bridgehead atoms. The summed E-state index contributed by atoms with van der Waals surface area (Å²) >= 11 is 1.72. The molecule has 2 nitrogen and oxygen atoms in total. The summed E-state index contributed by atoms with van der Waals surface area (Å²) in [5.74, 6) is 0. The zero-order valence-electron chi connectivity index (χ0n) is 8.90. The van der Waals surface area contributed by atoms with E-state index >= 15 is 0 Å². The number of hydrogen-bond donors (Lipinski definition) is 1. The van der Waals surface area contributed by atoms with E-state index in [0.29, 0.717) is 6.54 Å². The van der Waals surface area contributed by atoms with Gasteiger partial charge in [-0.2, -0.15) is 0 Å². The van der Waals surface area contributed by atoms with E-state index in [9.17, 15) is 0 Å². The van der Waals surface area contributed by atoms with Crippen molar-refractivity contribution in [2.24, 2.45) is 5.73 Å². The third-order valence-electron chi connectivity index (χ3n) is 2.91. The smallest absolute Gasteiger partial charge is 0.0725 e. The molecule has 0 atom stereocenters. The van der Waals surface area contributed by atoms with Crippen molar-refractivity contribution in [3.63, 3.8) is 0 Å². The van der Waals surface area contributed by atoms with E-state index in [1.165, 1.54) is 27.1 Å². The van der Waals surface area contributed by atoms with Gasteiger partial charge in [-0.3, -0.25) is 0 Å². The molecule has 0 spiro atoms. The fourth-order valence-electron chi connectivity index (χ4n) is 1.99. The second kappa shape index (κ2) is 4.01. The summed E-state index contributed by atoms with van der Waals surface area (Å²) in [6.45, 7) is 2.13. The van der Waals surface area contributed by atoms with Crippen LogP contribution in [0.1, 0.15) is 16.0 Å². The average Bonchev–Trinajstić information content (AvgIpc) is 2.96. The van der Waals surface area contributed by atoms with Crippen LogP contribution in [0.15, 0.2) is 29.6 Å². The molecule has 1 aromatic heterocycles. The normalized spacial score (nSPS) is 14.1. The van der Waals surface area contributed by atoms with Gasteiger partial charge in [-0.1, -0.05) is 12.1 Å². The highest BCUT2D eigenvalue weighted by Crippen LogP contribution is 2.29. The molecule has 3 rings (SSSR count). The summed E-state index contributed by atoms with van der Waals surface area (Å²) in [6.07, 6.45) is 0. The highest BCUT2D eigenvalue weighted by atomic mass is 32.1.